The molecular formula is C15H21BrN4S. The van der Waals surface area contributed by atoms with E-state index in [1.54, 1.807) is 11.8 Å². The van der Waals surface area contributed by atoms with Crippen molar-refractivity contribution in [1.82, 2.24) is 15.2 Å². The number of hydrogen-bond acceptors (Lipinski definition) is 4. The Kier molecular flexibility index (Phi) is 5.87. The van der Waals surface area contributed by atoms with Gasteiger partial charge in [-0.1, -0.05) is 18.2 Å². The molecule has 0 fully saturated rings. The van der Waals surface area contributed by atoms with E-state index in [1.807, 2.05) is 11.6 Å². The van der Waals surface area contributed by atoms with Crippen molar-refractivity contribution in [1.29, 1.82) is 0 Å². The van der Waals surface area contributed by atoms with Gasteiger partial charge in [0.15, 0.2) is 0 Å². The van der Waals surface area contributed by atoms with E-state index in [0.29, 0.717) is 0 Å². The lowest BCUT2D eigenvalue weighted by molar-refractivity contribution is 0.510. The van der Waals surface area contributed by atoms with Crippen molar-refractivity contribution in [2.24, 2.45) is 5.84 Å². The molecule has 1 unspecified atom stereocenters. The van der Waals surface area contributed by atoms with Crippen molar-refractivity contribution in [3.05, 3.63) is 45.7 Å². The minimum atomic E-state index is 0.0614. The van der Waals surface area contributed by atoms with Crippen molar-refractivity contribution >= 4 is 27.7 Å². The molecule has 1 atom stereocenters. The summed E-state index contributed by atoms with van der Waals surface area (Å²) in [6.45, 7) is 4.97. The molecule has 0 saturated heterocycles. The van der Waals surface area contributed by atoms with Crippen LogP contribution in [-0.4, -0.2) is 16.0 Å². The molecular weight excluding hydrogens is 348 g/mol. The first-order chi connectivity index (χ1) is 10.1. The summed E-state index contributed by atoms with van der Waals surface area (Å²) < 4.78 is 3.11. The molecule has 0 radical (unpaired) electrons. The molecule has 6 heteroatoms. The summed E-state index contributed by atoms with van der Waals surface area (Å²) in [5.74, 6) is 5.82. The summed E-state index contributed by atoms with van der Waals surface area (Å²) in [7, 11) is 0. The van der Waals surface area contributed by atoms with Gasteiger partial charge in [-0.25, -0.2) is 0 Å². The average Bonchev–Trinajstić information content (AvgIpc) is 2.79. The number of aromatic nitrogens is 2. The number of aryl methyl sites for hydroxylation is 2. The number of nitrogens with zero attached hydrogens (tertiary/aromatic N) is 2. The van der Waals surface area contributed by atoms with Crippen LogP contribution in [0.4, 0.5) is 0 Å². The van der Waals surface area contributed by atoms with Gasteiger partial charge >= 0.3 is 0 Å². The fourth-order valence-electron chi connectivity index (χ4n) is 2.47. The van der Waals surface area contributed by atoms with Gasteiger partial charge in [0.1, 0.15) is 0 Å². The van der Waals surface area contributed by atoms with Gasteiger partial charge in [0.2, 0.25) is 0 Å². The summed E-state index contributed by atoms with van der Waals surface area (Å²) in [6, 6.07) is 8.42. The third-order valence-electron chi connectivity index (χ3n) is 3.57. The smallest absolute Gasteiger partial charge is 0.0738 e. The fourth-order valence-corrected chi connectivity index (χ4v) is 3.58. The molecule has 114 valence electrons. The minimum Gasteiger partial charge on any atom is -0.271 e. The number of hydrazine groups is 1. The van der Waals surface area contributed by atoms with Gasteiger partial charge in [0.25, 0.3) is 0 Å². The van der Waals surface area contributed by atoms with E-state index in [0.717, 1.165) is 23.1 Å². The Labute approximate surface area is 138 Å². The highest BCUT2D eigenvalue weighted by Crippen LogP contribution is 2.30. The lowest BCUT2D eigenvalue weighted by Crippen LogP contribution is -2.30. The first kappa shape index (κ1) is 16.5. The second kappa shape index (κ2) is 7.45. The quantitative estimate of drug-likeness (QED) is 0.465. The molecule has 1 aromatic carbocycles. The molecule has 1 aromatic heterocycles. The van der Waals surface area contributed by atoms with Crippen LogP contribution >= 0.6 is 27.7 Å². The van der Waals surface area contributed by atoms with E-state index in [1.165, 1.54) is 16.2 Å². The zero-order valence-electron chi connectivity index (χ0n) is 12.6. The van der Waals surface area contributed by atoms with Gasteiger partial charge in [0, 0.05) is 17.9 Å². The lowest BCUT2D eigenvalue weighted by atomic mass is 10.0. The maximum atomic E-state index is 5.82. The molecule has 4 nitrogen and oxygen atoms in total. The largest absolute Gasteiger partial charge is 0.271 e. The highest BCUT2D eigenvalue weighted by atomic mass is 79.9. The number of nitrogens with one attached hydrogen (secondary N) is 1. The zero-order valence-corrected chi connectivity index (χ0v) is 15.0. The molecule has 2 aromatic rings. The summed E-state index contributed by atoms with van der Waals surface area (Å²) in [4.78, 5) is 1.25. The number of rotatable bonds is 6. The molecule has 3 N–H and O–H groups in total. The predicted molar refractivity (Wildman–Crippen MR) is 92.3 cm³/mol. The Morgan fingerprint density at radius 1 is 1.43 bits per heavy atom. The van der Waals surface area contributed by atoms with Crippen LogP contribution in [0.3, 0.4) is 0 Å². The van der Waals surface area contributed by atoms with E-state index in [2.05, 4.69) is 63.9 Å². The molecule has 0 aliphatic carbocycles. The number of thioether (sulfide) groups is 1. The van der Waals surface area contributed by atoms with Crippen LogP contribution < -0.4 is 11.3 Å². The summed E-state index contributed by atoms with van der Waals surface area (Å²) in [6.07, 6.45) is 2.88. The molecule has 0 bridgehead atoms. The average molecular weight is 369 g/mol. The predicted octanol–water partition coefficient (Wildman–Crippen LogP) is 3.44. The molecule has 0 spiro atoms. The van der Waals surface area contributed by atoms with Crippen LogP contribution in [0.15, 0.2) is 33.6 Å². The standard InChI is InChI=1S/C15H21BrN4S/c1-4-20-13(15(16)10(2)19-20)9-12(18-17)11-7-5-6-8-14(11)21-3/h5-8,12,18H,4,9,17H2,1-3H3. The van der Waals surface area contributed by atoms with Gasteiger partial charge in [-0.15, -0.1) is 11.8 Å². The molecule has 0 amide bonds. The van der Waals surface area contributed by atoms with Crippen molar-refractivity contribution in [2.45, 2.75) is 37.8 Å². The fraction of sp³-hybridized carbons (Fsp3) is 0.400. The van der Waals surface area contributed by atoms with Gasteiger partial charge in [-0.2, -0.15) is 5.10 Å². The first-order valence-electron chi connectivity index (χ1n) is 6.93. The number of nitrogens with two attached hydrogens (primary N) is 1. The summed E-state index contributed by atoms with van der Waals surface area (Å²) >= 11 is 5.39. The second-order valence-electron chi connectivity index (χ2n) is 4.83. The molecule has 1 heterocycles. The number of halogens is 1. The Morgan fingerprint density at radius 2 is 2.14 bits per heavy atom. The topological polar surface area (TPSA) is 55.9 Å². The van der Waals surface area contributed by atoms with E-state index >= 15 is 0 Å². The van der Waals surface area contributed by atoms with Crippen LogP contribution in [0.1, 0.15) is 29.9 Å². The van der Waals surface area contributed by atoms with Crippen molar-refractivity contribution in [3.8, 4) is 0 Å². The second-order valence-corrected chi connectivity index (χ2v) is 6.47. The molecule has 2 rings (SSSR count). The molecule has 0 saturated carbocycles. The van der Waals surface area contributed by atoms with Crippen molar-refractivity contribution in [3.63, 3.8) is 0 Å². The number of benzene rings is 1. The third kappa shape index (κ3) is 3.51. The van der Waals surface area contributed by atoms with E-state index < -0.39 is 0 Å². The van der Waals surface area contributed by atoms with Crippen LogP contribution in [0.25, 0.3) is 0 Å². The molecule has 0 aliphatic rings. The summed E-state index contributed by atoms with van der Waals surface area (Å²) in [5, 5.41) is 4.55. The van der Waals surface area contributed by atoms with Gasteiger partial charge in [-0.3, -0.25) is 16.0 Å². The molecule has 0 aliphatic heterocycles. The monoisotopic (exact) mass is 368 g/mol. The van der Waals surface area contributed by atoms with Crippen LogP contribution in [-0.2, 0) is 13.0 Å². The highest BCUT2D eigenvalue weighted by molar-refractivity contribution is 9.10. The minimum absolute atomic E-state index is 0.0614. The third-order valence-corrected chi connectivity index (χ3v) is 5.41. The van der Waals surface area contributed by atoms with Gasteiger partial charge in [-0.05, 0) is 47.7 Å². The maximum absolute atomic E-state index is 5.82. The highest BCUT2D eigenvalue weighted by Gasteiger charge is 2.20. The van der Waals surface area contributed by atoms with Gasteiger partial charge in [0.05, 0.1) is 21.9 Å². The van der Waals surface area contributed by atoms with Crippen molar-refractivity contribution < 1.29 is 0 Å². The molecule has 21 heavy (non-hydrogen) atoms. The van der Waals surface area contributed by atoms with E-state index in [-0.39, 0.29) is 6.04 Å². The van der Waals surface area contributed by atoms with Gasteiger partial charge < -0.3 is 0 Å². The Hall–Kier alpha value is -0.820. The maximum Gasteiger partial charge on any atom is 0.0738 e. The number of hydrogen-bond donors (Lipinski definition) is 2. The van der Waals surface area contributed by atoms with Crippen LogP contribution in [0, 0.1) is 6.92 Å². The zero-order chi connectivity index (χ0) is 15.4. The lowest BCUT2D eigenvalue weighted by Gasteiger charge is -2.19. The Bertz CT molecular complexity index is 612. The normalized spacial score (nSPS) is 12.6. The Balaban J connectivity index is 2.36. The van der Waals surface area contributed by atoms with E-state index in [4.69, 9.17) is 5.84 Å². The van der Waals surface area contributed by atoms with E-state index in [9.17, 15) is 0 Å². The Morgan fingerprint density at radius 3 is 2.76 bits per heavy atom. The van der Waals surface area contributed by atoms with Crippen molar-refractivity contribution in [2.75, 3.05) is 6.26 Å². The van der Waals surface area contributed by atoms with Crippen LogP contribution in [0.2, 0.25) is 0 Å². The SMILES string of the molecule is CCn1nc(C)c(Br)c1CC(NN)c1ccccc1SC. The first-order valence-corrected chi connectivity index (χ1v) is 8.94. The van der Waals surface area contributed by atoms with Crippen LogP contribution in [0.5, 0.6) is 0 Å². The summed E-state index contributed by atoms with van der Waals surface area (Å²) in [5.41, 5.74) is 6.37.